The first-order chi connectivity index (χ1) is 8.54. The molecule has 1 aliphatic heterocycles. The third-order valence-electron chi connectivity index (χ3n) is 2.65. The van der Waals surface area contributed by atoms with Crippen LogP contribution in [0.4, 0.5) is 10.1 Å². The Balaban J connectivity index is 2.52. The average Bonchev–Trinajstić information content (AvgIpc) is 2.67. The molecule has 5 nitrogen and oxygen atoms in total. The summed E-state index contributed by atoms with van der Waals surface area (Å²) in [5, 5.41) is 0. The summed E-state index contributed by atoms with van der Waals surface area (Å²) < 4.78 is 18.3. The maximum atomic E-state index is 13.8. The van der Waals surface area contributed by atoms with Crippen LogP contribution in [0.25, 0.3) is 0 Å². The van der Waals surface area contributed by atoms with Gasteiger partial charge in [0.1, 0.15) is 5.82 Å². The number of nitrogens with zero attached hydrogens (tertiary/aromatic N) is 1. The molecule has 1 aromatic carbocycles. The van der Waals surface area contributed by atoms with Gasteiger partial charge < -0.3 is 9.64 Å². The van der Waals surface area contributed by atoms with E-state index < -0.39 is 17.7 Å². The van der Waals surface area contributed by atoms with Crippen molar-refractivity contribution in [1.82, 2.24) is 0 Å². The molecule has 0 unspecified atom stereocenters. The molecular weight excluding hydrogens is 241 g/mol. The molecule has 0 aromatic heterocycles. The number of amides is 1. The SMILES string of the molecule is COC(=O)c1cccc(F)c1N1CC(=O)CC1=O. The van der Waals surface area contributed by atoms with E-state index in [9.17, 15) is 18.8 Å². The maximum Gasteiger partial charge on any atom is 0.340 e. The summed E-state index contributed by atoms with van der Waals surface area (Å²) in [7, 11) is 1.16. The van der Waals surface area contributed by atoms with Gasteiger partial charge in [-0.05, 0) is 12.1 Å². The minimum Gasteiger partial charge on any atom is -0.465 e. The summed E-state index contributed by atoms with van der Waals surface area (Å²) >= 11 is 0. The molecule has 0 saturated carbocycles. The molecule has 1 fully saturated rings. The first-order valence-electron chi connectivity index (χ1n) is 5.23. The molecule has 0 N–H and O–H groups in total. The Bertz CT molecular complexity index is 541. The predicted molar refractivity (Wildman–Crippen MR) is 59.7 cm³/mol. The molecule has 0 atom stereocenters. The second kappa shape index (κ2) is 4.56. The fraction of sp³-hybridized carbons (Fsp3) is 0.250. The third-order valence-corrected chi connectivity index (χ3v) is 2.65. The van der Waals surface area contributed by atoms with E-state index >= 15 is 0 Å². The quantitative estimate of drug-likeness (QED) is 0.579. The highest BCUT2D eigenvalue weighted by molar-refractivity contribution is 6.16. The fourth-order valence-corrected chi connectivity index (χ4v) is 1.85. The van der Waals surface area contributed by atoms with Crippen molar-refractivity contribution in [3.8, 4) is 0 Å². The van der Waals surface area contributed by atoms with Gasteiger partial charge in [-0.15, -0.1) is 0 Å². The number of esters is 1. The van der Waals surface area contributed by atoms with Crippen molar-refractivity contribution < 1.29 is 23.5 Å². The zero-order valence-electron chi connectivity index (χ0n) is 9.60. The van der Waals surface area contributed by atoms with Crippen LogP contribution in [0.5, 0.6) is 0 Å². The summed E-state index contributed by atoms with van der Waals surface area (Å²) in [6.07, 6.45) is -0.269. The summed E-state index contributed by atoms with van der Waals surface area (Å²) in [6, 6.07) is 3.81. The van der Waals surface area contributed by atoms with E-state index in [0.717, 1.165) is 18.1 Å². The smallest absolute Gasteiger partial charge is 0.340 e. The highest BCUT2D eigenvalue weighted by atomic mass is 19.1. The Hall–Kier alpha value is -2.24. The van der Waals surface area contributed by atoms with Crippen LogP contribution in [0, 0.1) is 5.82 Å². The molecule has 2 rings (SSSR count). The molecule has 1 aliphatic rings. The predicted octanol–water partition coefficient (Wildman–Crippen LogP) is 0.918. The Morgan fingerprint density at radius 2 is 2.11 bits per heavy atom. The molecule has 0 bridgehead atoms. The third kappa shape index (κ3) is 1.97. The Morgan fingerprint density at radius 3 is 2.67 bits per heavy atom. The normalized spacial score (nSPS) is 15.1. The largest absolute Gasteiger partial charge is 0.465 e. The van der Waals surface area contributed by atoms with E-state index in [1.165, 1.54) is 12.1 Å². The minimum absolute atomic E-state index is 0.0689. The monoisotopic (exact) mass is 251 g/mol. The van der Waals surface area contributed by atoms with Gasteiger partial charge in [0, 0.05) is 0 Å². The number of hydrogen-bond donors (Lipinski definition) is 0. The van der Waals surface area contributed by atoms with Gasteiger partial charge in [-0.2, -0.15) is 0 Å². The zero-order valence-corrected chi connectivity index (χ0v) is 9.60. The highest BCUT2D eigenvalue weighted by Gasteiger charge is 2.33. The van der Waals surface area contributed by atoms with Crippen LogP contribution in [0.2, 0.25) is 0 Å². The number of carbonyl (C=O) groups excluding carboxylic acids is 3. The first-order valence-corrected chi connectivity index (χ1v) is 5.23. The van der Waals surface area contributed by atoms with Crippen LogP contribution >= 0.6 is 0 Å². The van der Waals surface area contributed by atoms with Gasteiger partial charge in [0.25, 0.3) is 0 Å². The zero-order chi connectivity index (χ0) is 13.3. The molecule has 6 heteroatoms. The summed E-state index contributed by atoms with van der Waals surface area (Å²) in [4.78, 5) is 35.3. The molecule has 18 heavy (non-hydrogen) atoms. The number of anilines is 1. The van der Waals surface area contributed by atoms with Crippen LogP contribution in [-0.4, -0.2) is 31.3 Å². The lowest BCUT2D eigenvalue weighted by molar-refractivity contribution is -0.121. The average molecular weight is 251 g/mol. The second-order valence-corrected chi connectivity index (χ2v) is 3.82. The van der Waals surface area contributed by atoms with Gasteiger partial charge in [0.05, 0.1) is 31.3 Å². The number of ketones is 1. The summed E-state index contributed by atoms with van der Waals surface area (Å²) in [5.41, 5.74) is -0.263. The molecule has 1 saturated heterocycles. The molecule has 1 heterocycles. The van der Waals surface area contributed by atoms with E-state index in [0.29, 0.717) is 0 Å². The number of para-hydroxylation sites is 1. The van der Waals surface area contributed by atoms with E-state index in [2.05, 4.69) is 4.74 Å². The molecule has 1 aromatic rings. The van der Waals surface area contributed by atoms with Crippen molar-refractivity contribution in [2.24, 2.45) is 0 Å². The highest BCUT2D eigenvalue weighted by Crippen LogP contribution is 2.28. The van der Waals surface area contributed by atoms with Crippen molar-refractivity contribution in [2.45, 2.75) is 6.42 Å². The molecule has 1 amide bonds. The van der Waals surface area contributed by atoms with Crippen LogP contribution in [0.15, 0.2) is 18.2 Å². The number of carbonyl (C=O) groups is 3. The summed E-state index contributed by atoms with van der Waals surface area (Å²) in [6.45, 7) is -0.218. The molecule has 0 spiro atoms. The number of hydrogen-bond acceptors (Lipinski definition) is 4. The minimum atomic E-state index is -0.753. The van der Waals surface area contributed by atoms with Gasteiger partial charge in [-0.1, -0.05) is 6.07 Å². The van der Waals surface area contributed by atoms with E-state index in [-0.39, 0.29) is 30.0 Å². The van der Waals surface area contributed by atoms with Gasteiger partial charge in [-0.3, -0.25) is 9.59 Å². The molecule has 94 valence electrons. The Labute approximate surface area is 102 Å². The lowest BCUT2D eigenvalue weighted by Gasteiger charge is -2.18. The fourth-order valence-electron chi connectivity index (χ4n) is 1.85. The van der Waals surface area contributed by atoms with E-state index in [4.69, 9.17) is 0 Å². The number of ether oxygens (including phenoxy) is 1. The van der Waals surface area contributed by atoms with Crippen molar-refractivity contribution in [3.63, 3.8) is 0 Å². The van der Waals surface area contributed by atoms with Crippen LogP contribution in [-0.2, 0) is 14.3 Å². The topological polar surface area (TPSA) is 63.7 Å². The molecule has 0 radical (unpaired) electrons. The molecule has 0 aliphatic carbocycles. The number of Topliss-reactive ketones (excluding diaryl/α,β-unsaturated/α-hetero) is 1. The van der Waals surface area contributed by atoms with E-state index in [1.54, 1.807) is 0 Å². The van der Waals surface area contributed by atoms with Crippen molar-refractivity contribution in [3.05, 3.63) is 29.6 Å². The number of rotatable bonds is 2. The Morgan fingerprint density at radius 1 is 1.39 bits per heavy atom. The van der Waals surface area contributed by atoms with E-state index in [1.807, 2.05) is 0 Å². The van der Waals surface area contributed by atoms with Crippen molar-refractivity contribution in [1.29, 1.82) is 0 Å². The van der Waals surface area contributed by atoms with Crippen LogP contribution in [0.1, 0.15) is 16.8 Å². The van der Waals surface area contributed by atoms with Gasteiger partial charge in [-0.25, -0.2) is 9.18 Å². The lowest BCUT2D eigenvalue weighted by atomic mass is 10.1. The lowest BCUT2D eigenvalue weighted by Crippen LogP contribution is -2.28. The second-order valence-electron chi connectivity index (χ2n) is 3.82. The molecular formula is C12H10FNO4. The summed E-state index contributed by atoms with van der Waals surface area (Å²) in [5.74, 6) is -2.31. The number of methoxy groups -OCH3 is 1. The van der Waals surface area contributed by atoms with Crippen molar-refractivity contribution in [2.75, 3.05) is 18.6 Å². The van der Waals surface area contributed by atoms with Crippen LogP contribution in [0.3, 0.4) is 0 Å². The van der Waals surface area contributed by atoms with Gasteiger partial charge in [0.2, 0.25) is 5.91 Å². The Kier molecular flexibility index (Phi) is 3.10. The number of halogens is 1. The number of benzene rings is 1. The maximum absolute atomic E-state index is 13.8. The standard InChI is InChI=1S/C12H10FNO4/c1-18-12(17)8-3-2-4-9(13)11(8)14-6-7(15)5-10(14)16/h2-4H,5-6H2,1H3. The van der Waals surface area contributed by atoms with Gasteiger partial charge >= 0.3 is 5.97 Å². The van der Waals surface area contributed by atoms with Gasteiger partial charge in [0.15, 0.2) is 5.78 Å². The first kappa shape index (κ1) is 12.2. The van der Waals surface area contributed by atoms with Crippen molar-refractivity contribution >= 4 is 23.3 Å². The van der Waals surface area contributed by atoms with Crippen LogP contribution < -0.4 is 4.90 Å².